The van der Waals surface area contributed by atoms with Gasteiger partial charge in [0.2, 0.25) is 0 Å². The Hall–Kier alpha value is -3.02. The van der Waals surface area contributed by atoms with Crippen molar-refractivity contribution in [3.63, 3.8) is 0 Å². The molecule has 0 aliphatic carbocycles. The normalized spacial score (nSPS) is 10.8. The molecule has 6 heteroatoms. The van der Waals surface area contributed by atoms with E-state index < -0.39 is 6.16 Å². The zero-order chi connectivity index (χ0) is 19.2. The largest absolute Gasteiger partial charge is 0.513 e. The summed E-state index contributed by atoms with van der Waals surface area (Å²) in [6, 6.07) is 13.8. The predicted molar refractivity (Wildman–Crippen MR) is 102 cm³/mol. The maximum absolute atomic E-state index is 12.3. The van der Waals surface area contributed by atoms with Gasteiger partial charge in [0.15, 0.2) is 0 Å². The number of hydrogen-bond donors (Lipinski definition) is 2. The van der Waals surface area contributed by atoms with Crippen molar-refractivity contribution in [2.24, 2.45) is 0 Å². The van der Waals surface area contributed by atoms with Crippen LogP contribution in [0.4, 0.5) is 21.0 Å². The van der Waals surface area contributed by atoms with Gasteiger partial charge in [-0.3, -0.25) is 0 Å². The minimum Gasteiger partial charge on any atom is -0.434 e. The molecule has 0 fully saturated rings. The molecule has 2 amide bonds. The zero-order valence-electron chi connectivity index (χ0n) is 15.5. The Bertz CT molecular complexity index is 764. The molecule has 0 saturated carbocycles. The lowest BCUT2D eigenvalue weighted by Crippen LogP contribution is -2.22. The summed E-state index contributed by atoms with van der Waals surface area (Å²) in [6.45, 7) is 8.22. The molecule has 0 bridgehead atoms. The zero-order valence-corrected chi connectivity index (χ0v) is 15.5. The summed E-state index contributed by atoms with van der Waals surface area (Å²) in [6.07, 6.45) is -0.760. The summed E-state index contributed by atoms with van der Waals surface area (Å²) in [4.78, 5) is 23.5. The number of benzene rings is 2. The molecule has 0 aromatic heterocycles. The van der Waals surface area contributed by atoms with Crippen LogP contribution in [0.3, 0.4) is 0 Å². The molecular weight excluding hydrogens is 332 g/mol. The van der Waals surface area contributed by atoms with E-state index >= 15 is 0 Å². The summed E-state index contributed by atoms with van der Waals surface area (Å²) in [5, 5.41) is 5.63. The van der Waals surface area contributed by atoms with Crippen LogP contribution >= 0.6 is 0 Å². The third-order valence-electron chi connectivity index (χ3n) is 3.56. The third kappa shape index (κ3) is 5.51. The van der Waals surface area contributed by atoms with Gasteiger partial charge in [0.1, 0.15) is 5.75 Å². The minimum atomic E-state index is -0.760. The fourth-order valence-corrected chi connectivity index (χ4v) is 2.38. The summed E-state index contributed by atoms with van der Waals surface area (Å²) in [5.41, 5.74) is 2.30. The highest BCUT2D eigenvalue weighted by Crippen LogP contribution is 2.29. The van der Waals surface area contributed by atoms with Gasteiger partial charge in [-0.2, -0.15) is 0 Å². The number of carbonyl (C=O) groups excluding carboxylic acids is 2. The van der Waals surface area contributed by atoms with Gasteiger partial charge in [-0.15, -0.1) is 0 Å². The van der Waals surface area contributed by atoms with Crippen molar-refractivity contribution in [3.8, 4) is 5.75 Å². The van der Waals surface area contributed by atoms with Gasteiger partial charge in [-0.05, 0) is 48.2 Å². The lowest BCUT2D eigenvalue weighted by atomic mass is 9.86. The SMILES string of the molecule is CCOC(=O)Oc1ccc(NC(=O)Nc2ccccc2C(C)(C)C)cc1. The average Bonchev–Trinajstić information content (AvgIpc) is 2.56. The second-order valence-corrected chi connectivity index (χ2v) is 6.68. The molecule has 0 saturated heterocycles. The van der Waals surface area contributed by atoms with Crippen LogP contribution in [-0.2, 0) is 10.2 Å². The summed E-state index contributed by atoms with van der Waals surface area (Å²) in [5.74, 6) is 0.340. The molecule has 0 radical (unpaired) electrons. The van der Waals surface area contributed by atoms with Crippen LogP contribution in [0.1, 0.15) is 33.3 Å². The van der Waals surface area contributed by atoms with Crippen LogP contribution in [-0.4, -0.2) is 18.8 Å². The first kappa shape index (κ1) is 19.3. The van der Waals surface area contributed by atoms with Gasteiger partial charge in [-0.1, -0.05) is 39.0 Å². The van der Waals surface area contributed by atoms with Crippen molar-refractivity contribution in [1.82, 2.24) is 0 Å². The van der Waals surface area contributed by atoms with Gasteiger partial charge >= 0.3 is 12.2 Å². The lowest BCUT2D eigenvalue weighted by molar-refractivity contribution is 0.104. The van der Waals surface area contributed by atoms with Crippen molar-refractivity contribution in [3.05, 3.63) is 54.1 Å². The Kier molecular flexibility index (Phi) is 6.22. The van der Waals surface area contributed by atoms with Gasteiger partial charge in [0, 0.05) is 11.4 Å². The van der Waals surface area contributed by atoms with Crippen molar-refractivity contribution >= 4 is 23.6 Å². The number of anilines is 2. The number of nitrogens with one attached hydrogen (secondary N) is 2. The molecule has 2 N–H and O–H groups in total. The fourth-order valence-electron chi connectivity index (χ4n) is 2.38. The summed E-state index contributed by atoms with van der Waals surface area (Å²) >= 11 is 0. The van der Waals surface area contributed by atoms with Gasteiger partial charge in [0.05, 0.1) is 6.61 Å². The topological polar surface area (TPSA) is 76.7 Å². The van der Waals surface area contributed by atoms with Crippen molar-refractivity contribution in [2.45, 2.75) is 33.1 Å². The average molecular weight is 356 g/mol. The Morgan fingerprint density at radius 1 is 0.962 bits per heavy atom. The number of ether oxygens (including phenoxy) is 2. The number of amides is 2. The minimum absolute atomic E-state index is 0.0873. The number of para-hydroxylation sites is 1. The monoisotopic (exact) mass is 356 g/mol. The standard InChI is InChI=1S/C20H24N2O4/c1-5-25-19(24)26-15-12-10-14(11-13-15)21-18(23)22-17-9-7-6-8-16(17)20(2,3)4/h6-13H,5H2,1-4H3,(H2,21,22,23). The first-order chi connectivity index (χ1) is 12.3. The Morgan fingerprint density at radius 2 is 1.62 bits per heavy atom. The number of hydrogen-bond acceptors (Lipinski definition) is 4. The molecule has 0 heterocycles. The van der Waals surface area contributed by atoms with Crippen LogP contribution in [0.15, 0.2) is 48.5 Å². The van der Waals surface area contributed by atoms with Crippen LogP contribution in [0.2, 0.25) is 0 Å². The first-order valence-electron chi connectivity index (χ1n) is 8.42. The molecule has 2 aromatic carbocycles. The van der Waals surface area contributed by atoms with Crippen LogP contribution in [0.25, 0.3) is 0 Å². The molecule has 0 unspecified atom stereocenters. The second kappa shape index (κ2) is 8.38. The van der Waals surface area contributed by atoms with Crippen LogP contribution in [0.5, 0.6) is 5.75 Å². The highest BCUT2D eigenvalue weighted by Gasteiger charge is 2.18. The Labute approximate surface area is 153 Å². The molecule has 138 valence electrons. The van der Waals surface area contributed by atoms with Crippen molar-refractivity contribution < 1.29 is 19.1 Å². The highest BCUT2D eigenvalue weighted by molar-refractivity contribution is 6.00. The first-order valence-corrected chi connectivity index (χ1v) is 8.42. The number of urea groups is 1. The maximum Gasteiger partial charge on any atom is 0.513 e. The van der Waals surface area contributed by atoms with E-state index in [0.717, 1.165) is 11.3 Å². The van der Waals surface area contributed by atoms with Gasteiger partial charge in [0.25, 0.3) is 0 Å². The molecule has 26 heavy (non-hydrogen) atoms. The van der Waals surface area contributed by atoms with E-state index in [-0.39, 0.29) is 18.1 Å². The summed E-state index contributed by atoms with van der Waals surface area (Å²) < 4.78 is 9.68. The Morgan fingerprint density at radius 3 is 2.23 bits per heavy atom. The third-order valence-corrected chi connectivity index (χ3v) is 3.56. The van der Waals surface area contributed by atoms with E-state index in [9.17, 15) is 9.59 Å². The van der Waals surface area contributed by atoms with E-state index in [2.05, 4.69) is 31.4 Å². The molecule has 2 rings (SSSR count). The predicted octanol–water partition coefficient (Wildman–Crippen LogP) is 5.16. The fraction of sp³-hybridized carbons (Fsp3) is 0.300. The maximum atomic E-state index is 12.3. The molecule has 2 aromatic rings. The van der Waals surface area contributed by atoms with E-state index in [4.69, 9.17) is 9.47 Å². The highest BCUT2D eigenvalue weighted by atomic mass is 16.7. The molecule has 0 aliphatic rings. The van der Waals surface area contributed by atoms with E-state index in [1.807, 2.05) is 24.3 Å². The van der Waals surface area contributed by atoms with Crippen molar-refractivity contribution in [2.75, 3.05) is 17.2 Å². The summed E-state index contributed by atoms with van der Waals surface area (Å²) in [7, 11) is 0. The van der Waals surface area contributed by atoms with Crippen LogP contribution in [0, 0.1) is 0 Å². The van der Waals surface area contributed by atoms with Crippen LogP contribution < -0.4 is 15.4 Å². The van der Waals surface area contributed by atoms with E-state index in [0.29, 0.717) is 11.4 Å². The molecule has 0 spiro atoms. The van der Waals surface area contributed by atoms with Gasteiger partial charge < -0.3 is 20.1 Å². The van der Waals surface area contributed by atoms with E-state index in [1.165, 1.54) is 0 Å². The number of rotatable bonds is 4. The van der Waals surface area contributed by atoms with E-state index in [1.54, 1.807) is 31.2 Å². The molecular formula is C20H24N2O4. The quantitative estimate of drug-likeness (QED) is 0.586. The second-order valence-electron chi connectivity index (χ2n) is 6.68. The smallest absolute Gasteiger partial charge is 0.434 e. The molecule has 0 aliphatic heterocycles. The van der Waals surface area contributed by atoms with Gasteiger partial charge in [-0.25, -0.2) is 9.59 Å². The van der Waals surface area contributed by atoms with Crippen molar-refractivity contribution in [1.29, 1.82) is 0 Å². The lowest BCUT2D eigenvalue weighted by Gasteiger charge is -2.23. The number of carbonyl (C=O) groups is 2. The molecule has 0 atom stereocenters. The Balaban J connectivity index is 2.00. The molecule has 6 nitrogen and oxygen atoms in total.